The summed E-state index contributed by atoms with van der Waals surface area (Å²) in [5.74, 6) is 0.779. The van der Waals surface area contributed by atoms with Crippen LogP contribution >= 0.6 is 0 Å². The lowest BCUT2D eigenvalue weighted by Crippen LogP contribution is -2.67. The molecule has 114 valence electrons. The minimum atomic E-state index is 0.481. The monoisotopic (exact) mass is 286 g/mol. The Kier molecular flexibility index (Phi) is 3.50. The van der Waals surface area contributed by atoms with Gasteiger partial charge in [0, 0.05) is 36.4 Å². The summed E-state index contributed by atoms with van der Waals surface area (Å²) >= 11 is 0. The van der Waals surface area contributed by atoms with Gasteiger partial charge in [-0.25, -0.2) is 0 Å². The van der Waals surface area contributed by atoms with Crippen LogP contribution in [0.1, 0.15) is 43.2 Å². The maximum atomic E-state index is 6.06. The maximum Gasteiger partial charge on any atom is 0.0690 e. The Hall–Kier alpha value is -0.930. The topological polar surface area (TPSA) is 34.2 Å². The Morgan fingerprint density at radius 3 is 3.05 bits per heavy atom. The first-order valence-electron chi connectivity index (χ1n) is 8.56. The second kappa shape index (κ2) is 5.36. The molecule has 0 radical (unpaired) electrons. The van der Waals surface area contributed by atoms with E-state index in [1.54, 1.807) is 0 Å². The van der Waals surface area contributed by atoms with E-state index < -0.39 is 0 Å². The molecule has 1 N–H and O–H groups in total. The summed E-state index contributed by atoms with van der Waals surface area (Å²) in [6.45, 7) is 4.23. The fourth-order valence-corrected chi connectivity index (χ4v) is 5.15. The van der Waals surface area contributed by atoms with Gasteiger partial charge in [-0.3, -0.25) is 4.98 Å². The smallest absolute Gasteiger partial charge is 0.0690 e. The molecule has 3 nitrogen and oxygen atoms in total. The third kappa shape index (κ3) is 2.13. The molecule has 2 aliphatic carbocycles. The number of nitrogens with one attached hydrogen (secondary N) is 1. The lowest BCUT2D eigenvalue weighted by molar-refractivity contribution is -0.130. The quantitative estimate of drug-likeness (QED) is 0.924. The van der Waals surface area contributed by atoms with E-state index in [1.807, 2.05) is 12.4 Å². The van der Waals surface area contributed by atoms with E-state index in [0.29, 0.717) is 17.6 Å². The Balaban J connectivity index is 1.39. The molecule has 2 heterocycles. The predicted molar refractivity (Wildman–Crippen MR) is 83.2 cm³/mol. The molecule has 1 saturated heterocycles. The summed E-state index contributed by atoms with van der Waals surface area (Å²) in [4.78, 5) is 4.18. The molecule has 3 fully saturated rings. The van der Waals surface area contributed by atoms with Crippen molar-refractivity contribution in [1.82, 2.24) is 10.3 Å². The highest BCUT2D eigenvalue weighted by molar-refractivity contribution is 5.22. The number of rotatable bonds is 4. The van der Waals surface area contributed by atoms with E-state index in [2.05, 4.69) is 23.3 Å². The number of hydrogen-bond acceptors (Lipinski definition) is 3. The fraction of sp³-hybridized carbons (Fsp3) is 0.722. The first-order chi connectivity index (χ1) is 10.3. The average molecular weight is 286 g/mol. The Morgan fingerprint density at radius 1 is 1.38 bits per heavy atom. The van der Waals surface area contributed by atoms with Crippen molar-refractivity contribution in [3.05, 3.63) is 29.6 Å². The van der Waals surface area contributed by atoms with Crippen LogP contribution in [0.5, 0.6) is 0 Å². The molecule has 0 aromatic carbocycles. The Bertz CT molecular complexity index is 510. The van der Waals surface area contributed by atoms with Crippen molar-refractivity contribution in [2.75, 3.05) is 13.2 Å². The van der Waals surface area contributed by atoms with Crippen LogP contribution in [0.25, 0.3) is 0 Å². The second-order valence-corrected chi connectivity index (χ2v) is 7.17. The molecular weight excluding hydrogens is 260 g/mol. The van der Waals surface area contributed by atoms with E-state index >= 15 is 0 Å². The molecule has 2 saturated carbocycles. The number of aromatic nitrogens is 1. The van der Waals surface area contributed by atoms with Gasteiger partial charge < -0.3 is 10.1 Å². The van der Waals surface area contributed by atoms with Gasteiger partial charge in [0.25, 0.3) is 0 Å². The zero-order valence-electron chi connectivity index (χ0n) is 13.0. The summed E-state index contributed by atoms with van der Waals surface area (Å²) in [7, 11) is 0. The third-order valence-corrected chi connectivity index (χ3v) is 6.18. The van der Waals surface area contributed by atoms with Gasteiger partial charge in [0.1, 0.15) is 0 Å². The number of ether oxygens (including phenoxy) is 1. The lowest BCUT2D eigenvalue weighted by atomic mass is 9.54. The Labute approximate surface area is 127 Å². The minimum Gasteiger partial charge on any atom is -0.377 e. The van der Waals surface area contributed by atoms with Crippen LogP contribution in [0.2, 0.25) is 0 Å². The molecule has 21 heavy (non-hydrogen) atoms. The lowest BCUT2D eigenvalue weighted by Gasteiger charge is -2.57. The van der Waals surface area contributed by atoms with E-state index in [-0.39, 0.29) is 0 Å². The minimum absolute atomic E-state index is 0.481. The Morgan fingerprint density at radius 2 is 2.24 bits per heavy atom. The van der Waals surface area contributed by atoms with Crippen LogP contribution in [0.3, 0.4) is 0 Å². The number of fused-ring (bicyclic) bond motifs is 2. The van der Waals surface area contributed by atoms with Gasteiger partial charge in [-0.05, 0) is 56.3 Å². The van der Waals surface area contributed by atoms with Gasteiger partial charge in [0.15, 0.2) is 0 Å². The molecule has 1 aromatic heterocycles. The normalized spacial score (nSPS) is 33.1. The van der Waals surface area contributed by atoms with Crippen molar-refractivity contribution in [2.45, 2.75) is 57.6 Å². The number of hydrogen-bond donors (Lipinski definition) is 1. The molecule has 1 spiro atoms. The standard InChI is InChI=1S/C18H26N2O/c1-13-12-19-9-4-14(13)5-10-20-16-15-6-11-21-17(15)18(16)7-2-3-8-18/h4,9,12,15-17,20H,2-3,5-8,10-11H2,1H3/t15-,16-,17+/m1/s1. The fourth-order valence-electron chi connectivity index (χ4n) is 5.15. The van der Waals surface area contributed by atoms with Crippen LogP contribution in [0.15, 0.2) is 18.5 Å². The summed E-state index contributed by atoms with van der Waals surface area (Å²) in [6, 6.07) is 2.86. The van der Waals surface area contributed by atoms with Crippen LogP contribution in [0.4, 0.5) is 0 Å². The summed E-state index contributed by atoms with van der Waals surface area (Å²) in [5, 5.41) is 3.90. The van der Waals surface area contributed by atoms with E-state index in [4.69, 9.17) is 4.74 Å². The molecule has 4 rings (SSSR count). The van der Waals surface area contributed by atoms with Crippen molar-refractivity contribution in [2.24, 2.45) is 11.3 Å². The van der Waals surface area contributed by atoms with E-state index in [0.717, 1.165) is 25.5 Å². The molecule has 1 aromatic rings. The highest BCUT2D eigenvalue weighted by Gasteiger charge is 2.64. The molecule has 3 aliphatic rings. The molecule has 0 unspecified atom stereocenters. The molecule has 3 atom stereocenters. The van der Waals surface area contributed by atoms with Crippen LogP contribution in [0, 0.1) is 18.3 Å². The van der Waals surface area contributed by atoms with Crippen molar-refractivity contribution in [3.8, 4) is 0 Å². The summed E-state index contributed by atoms with van der Waals surface area (Å²) < 4.78 is 6.06. The molecular formula is C18H26N2O. The van der Waals surface area contributed by atoms with Crippen molar-refractivity contribution < 1.29 is 4.74 Å². The first-order valence-corrected chi connectivity index (χ1v) is 8.56. The zero-order chi connectivity index (χ0) is 14.3. The van der Waals surface area contributed by atoms with Gasteiger partial charge in [-0.15, -0.1) is 0 Å². The van der Waals surface area contributed by atoms with Gasteiger partial charge in [-0.1, -0.05) is 12.8 Å². The van der Waals surface area contributed by atoms with Gasteiger partial charge in [0.2, 0.25) is 0 Å². The van der Waals surface area contributed by atoms with Crippen LogP contribution < -0.4 is 5.32 Å². The maximum absolute atomic E-state index is 6.06. The number of aryl methyl sites for hydroxylation is 1. The number of pyridine rings is 1. The molecule has 0 bridgehead atoms. The van der Waals surface area contributed by atoms with Crippen LogP contribution in [-0.4, -0.2) is 30.3 Å². The highest BCUT2D eigenvalue weighted by atomic mass is 16.5. The molecule has 1 aliphatic heterocycles. The second-order valence-electron chi connectivity index (χ2n) is 7.17. The van der Waals surface area contributed by atoms with Crippen molar-refractivity contribution in [3.63, 3.8) is 0 Å². The predicted octanol–water partition coefficient (Wildman–Crippen LogP) is 2.87. The largest absolute Gasteiger partial charge is 0.377 e. The zero-order valence-corrected chi connectivity index (χ0v) is 13.0. The molecule has 3 heteroatoms. The first kappa shape index (κ1) is 13.7. The van der Waals surface area contributed by atoms with E-state index in [9.17, 15) is 0 Å². The SMILES string of the molecule is Cc1cnccc1CCN[C@@H]1[C@H]2CCO[C@@H]2C12CCCC2. The van der Waals surface area contributed by atoms with Crippen LogP contribution in [-0.2, 0) is 11.2 Å². The average Bonchev–Trinajstić information content (AvgIpc) is 3.13. The molecule has 0 amide bonds. The van der Waals surface area contributed by atoms with Gasteiger partial charge in [0.05, 0.1) is 6.10 Å². The summed E-state index contributed by atoms with van der Waals surface area (Å²) in [5.41, 5.74) is 3.22. The van der Waals surface area contributed by atoms with Gasteiger partial charge >= 0.3 is 0 Å². The summed E-state index contributed by atoms with van der Waals surface area (Å²) in [6.07, 6.45) is 12.4. The van der Waals surface area contributed by atoms with Gasteiger partial charge in [-0.2, -0.15) is 0 Å². The van der Waals surface area contributed by atoms with E-state index in [1.165, 1.54) is 43.2 Å². The highest BCUT2D eigenvalue weighted by Crippen LogP contribution is 2.60. The van der Waals surface area contributed by atoms with Crippen molar-refractivity contribution in [1.29, 1.82) is 0 Å². The third-order valence-electron chi connectivity index (χ3n) is 6.18. The number of nitrogens with zero attached hydrogens (tertiary/aromatic N) is 1. The van der Waals surface area contributed by atoms with Crippen molar-refractivity contribution >= 4 is 0 Å².